The fourth-order valence-electron chi connectivity index (χ4n) is 2.79. The Morgan fingerprint density at radius 3 is 2.75 bits per heavy atom. The Hall–Kier alpha value is -1.91. The minimum Gasteiger partial charge on any atom is -0.481 e. The Bertz CT molecular complexity index is 542. The number of aryl methyl sites for hydroxylation is 1. The first-order chi connectivity index (χ1) is 9.45. The zero-order chi connectivity index (χ0) is 14.9. The molecule has 1 aromatic carbocycles. The van der Waals surface area contributed by atoms with Crippen LogP contribution in [0.3, 0.4) is 0 Å². The number of halogens is 1. The van der Waals surface area contributed by atoms with Crippen LogP contribution in [0.4, 0.5) is 4.39 Å². The van der Waals surface area contributed by atoms with E-state index in [1.807, 2.05) is 0 Å². The van der Waals surface area contributed by atoms with Crippen molar-refractivity contribution in [2.75, 3.05) is 6.54 Å². The van der Waals surface area contributed by atoms with Crippen LogP contribution in [-0.2, 0) is 9.59 Å². The van der Waals surface area contributed by atoms with Crippen LogP contribution in [0.25, 0.3) is 0 Å². The maximum Gasteiger partial charge on any atom is 0.308 e. The van der Waals surface area contributed by atoms with Gasteiger partial charge in [0.05, 0.1) is 12.0 Å². The van der Waals surface area contributed by atoms with Crippen molar-refractivity contribution in [2.24, 2.45) is 5.92 Å². The van der Waals surface area contributed by atoms with Crippen molar-refractivity contribution in [3.63, 3.8) is 0 Å². The van der Waals surface area contributed by atoms with Gasteiger partial charge in [0.2, 0.25) is 5.91 Å². The molecule has 20 heavy (non-hydrogen) atoms. The van der Waals surface area contributed by atoms with E-state index in [0.717, 1.165) is 0 Å². The number of aliphatic carboxylic acids is 1. The molecule has 2 atom stereocenters. The van der Waals surface area contributed by atoms with E-state index in [1.165, 1.54) is 11.0 Å². The normalized spacial score (nSPS) is 22.9. The second-order valence-corrected chi connectivity index (χ2v) is 5.12. The summed E-state index contributed by atoms with van der Waals surface area (Å²) in [7, 11) is 0. The van der Waals surface area contributed by atoms with Gasteiger partial charge in [-0.2, -0.15) is 0 Å². The third-order valence-electron chi connectivity index (χ3n) is 3.90. The molecule has 1 saturated heterocycles. The lowest BCUT2D eigenvalue weighted by molar-refractivity contribution is -0.151. The van der Waals surface area contributed by atoms with E-state index in [1.54, 1.807) is 26.0 Å². The molecule has 5 heteroatoms. The van der Waals surface area contributed by atoms with Gasteiger partial charge < -0.3 is 10.0 Å². The Balaban J connectivity index is 2.46. The number of carboxylic acids is 1. The van der Waals surface area contributed by atoms with Crippen LogP contribution < -0.4 is 0 Å². The van der Waals surface area contributed by atoms with Gasteiger partial charge in [0.15, 0.2) is 0 Å². The average molecular weight is 279 g/mol. The zero-order valence-electron chi connectivity index (χ0n) is 11.6. The molecule has 1 N–H and O–H groups in total. The molecule has 1 aliphatic heterocycles. The first-order valence-corrected chi connectivity index (χ1v) is 6.74. The number of carbonyl (C=O) groups excluding carboxylic acids is 1. The fourth-order valence-corrected chi connectivity index (χ4v) is 2.79. The van der Waals surface area contributed by atoms with Crippen LogP contribution in [0, 0.1) is 18.7 Å². The summed E-state index contributed by atoms with van der Waals surface area (Å²) < 4.78 is 13.7. The molecule has 1 aromatic rings. The predicted octanol–water partition coefficient (Wildman–Crippen LogP) is 2.52. The van der Waals surface area contributed by atoms with Gasteiger partial charge in [-0.05, 0) is 37.5 Å². The summed E-state index contributed by atoms with van der Waals surface area (Å²) >= 11 is 0. The molecule has 0 saturated carbocycles. The molecule has 0 radical (unpaired) electrons. The second kappa shape index (κ2) is 5.61. The Kier molecular flexibility index (Phi) is 4.06. The van der Waals surface area contributed by atoms with Crippen LogP contribution in [0.5, 0.6) is 0 Å². The highest BCUT2D eigenvalue weighted by molar-refractivity contribution is 5.81. The molecule has 1 amide bonds. The van der Waals surface area contributed by atoms with Crippen molar-refractivity contribution in [2.45, 2.75) is 32.7 Å². The molecule has 1 fully saturated rings. The summed E-state index contributed by atoms with van der Waals surface area (Å²) in [6.45, 7) is 3.87. The molecular formula is C15H18FNO3. The van der Waals surface area contributed by atoms with Gasteiger partial charge in [-0.15, -0.1) is 0 Å². The van der Waals surface area contributed by atoms with Crippen molar-refractivity contribution in [1.29, 1.82) is 0 Å². The molecule has 0 bridgehead atoms. The van der Waals surface area contributed by atoms with E-state index in [2.05, 4.69) is 0 Å². The number of likely N-dealkylation sites (tertiary alicyclic amines) is 1. The fraction of sp³-hybridized carbons (Fsp3) is 0.467. The minimum absolute atomic E-state index is 0.0732. The van der Waals surface area contributed by atoms with E-state index in [9.17, 15) is 19.1 Å². The van der Waals surface area contributed by atoms with Crippen LogP contribution >= 0.6 is 0 Å². The maximum absolute atomic E-state index is 13.7. The summed E-state index contributed by atoms with van der Waals surface area (Å²) in [5.74, 6) is -2.08. The van der Waals surface area contributed by atoms with Crippen LogP contribution in [0.15, 0.2) is 18.2 Å². The third kappa shape index (κ3) is 2.53. The third-order valence-corrected chi connectivity index (χ3v) is 3.90. The standard InChI is InChI=1S/C15H18FNO3/c1-3-17-13(18)7-6-11(15(19)20)14(17)10-5-4-9(2)12(16)8-10/h4-5,8,11,14H,3,6-7H2,1-2H3,(H,19,20). The largest absolute Gasteiger partial charge is 0.481 e. The van der Waals surface area contributed by atoms with Crippen LogP contribution in [0.1, 0.15) is 36.9 Å². The van der Waals surface area contributed by atoms with E-state index in [4.69, 9.17) is 0 Å². The summed E-state index contributed by atoms with van der Waals surface area (Å²) in [6, 6.07) is 4.09. The van der Waals surface area contributed by atoms with E-state index >= 15 is 0 Å². The molecule has 0 aromatic heterocycles. The smallest absolute Gasteiger partial charge is 0.308 e. The number of carbonyl (C=O) groups is 2. The zero-order valence-corrected chi connectivity index (χ0v) is 11.6. The summed E-state index contributed by atoms with van der Waals surface area (Å²) in [5.41, 5.74) is 1.06. The van der Waals surface area contributed by atoms with Gasteiger partial charge in [0.25, 0.3) is 0 Å². The predicted molar refractivity (Wildman–Crippen MR) is 71.6 cm³/mol. The highest BCUT2D eigenvalue weighted by Gasteiger charge is 2.40. The number of amides is 1. The number of hydrogen-bond donors (Lipinski definition) is 1. The molecule has 2 rings (SSSR count). The first kappa shape index (κ1) is 14.5. The maximum atomic E-state index is 13.7. The van der Waals surface area contributed by atoms with Gasteiger partial charge >= 0.3 is 5.97 Å². The van der Waals surface area contributed by atoms with Crippen molar-refractivity contribution < 1.29 is 19.1 Å². The monoisotopic (exact) mass is 279 g/mol. The molecular weight excluding hydrogens is 261 g/mol. The first-order valence-electron chi connectivity index (χ1n) is 6.74. The molecule has 108 valence electrons. The topological polar surface area (TPSA) is 57.6 Å². The van der Waals surface area contributed by atoms with E-state index < -0.39 is 17.9 Å². The van der Waals surface area contributed by atoms with Crippen molar-refractivity contribution in [1.82, 2.24) is 4.90 Å². The molecule has 0 aliphatic carbocycles. The minimum atomic E-state index is -0.943. The lowest BCUT2D eigenvalue weighted by atomic mass is 9.84. The quantitative estimate of drug-likeness (QED) is 0.925. The van der Waals surface area contributed by atoms with Gasteiger partial charge in [0.1, 0.15) is 5.82 Å². The number of nitrogens with zero attached hydrogens (tertiary/aromatic N) is 1. The summed E-state index contributed by atoms with van der Waals surface area (Å²) in [5, 5.41) is 9.36. The summed E-state index contributed by atoms with van der Waals surface area (Å²) in [4.78, 5) is 24.9. The van der Waals surface area contributed by atoms with Gasteiger partial charge in [-0.1, -0.05) is 12.1 Å². The van der Waals surface area contributed by atoms with Crippen molar-refractivity contribution in [3.05, 3.63) is 35.1 Å². The van der Waals surface area contributed by atoms with Crippen molar-refractivity contribution >= 4 is 11.9 Å². The Labute approximate surface area is 117 Å². The number of hydrogen-bond acceptors (Lipinski definition) is 2. The Morgan fingerprint density at radius 1 is 1.50 bits per heavy atom. The molecule has 1 heterocycles. The van der Waals surface area contributed by atoms with Gasteiger partial charge in [-0.3, -0.25) is 9.59 Å². The van der Waals surface area contributed by atoms with E-state index in [0.29, 0.717) is 24.1 Å². The van der Waals surface area contributed by atoms with Crippen molar-refractivity contribution in [3.8, 4) is 0 Å². The number of benzene rings is 1. The van der Waals surface area contributed by atoms with E-state index in [-0.39, 0.29) is 18.1 Å². The lowest BCUT2D eigenvalue weighted by Gasteiger charge is -2.39. The molecule has 1 aliphatic rings. The van der Waals surface area contributed by atoms with Gasteiger partial charge in [-0.25, -0.2) is 4.39 Å². The lowest BCUT2D eigenvalue weighted by Crippen LogP contribution is -2.45. The SMILES string of the molecule is CCN1C(=O)CCC(C(=O)O)C1c1ccc(C)c(F)c1. The number of carboxylic acid groups (broad SMARTS) is 1. The molecule has 4 nitrogen and oxygen atoms in total. The Morgan fingerprint density at radius 2 is 2.20 bits per heavy atom. The summed E-state index contributed by atoms with van der Waals surface area (Å²) in [6.07, 6.45) is 0.528. The van der Waals surface area contributed by atoms with Crippen LogP contribution in [-0.4, -0.2) is 28.4 Å². The van der Waals surface area contributed by atoms with Crippen LogP contribution in [0.2, 0.25) is 0 Å². The molecule has 0 spiro atoms. The highest BCUT2D eigenvalue weighted by atomic mass is 19.1. The number of rotatable bonds is 3. The highest BCUT2D eigenvalue weighted by Crippen LogP contribution is 2.37. The van der Waals surface area contributed by atoms with Gasteiger partial charge in [0, 0.05) is 13.0 Å². The average Bonchev–Trinajstić information content (AvgIpc) is 2.41. The molecule has 2 unspecified atom stereocenters. The number of piperidine rings is 1. The second-order valence-electron chi connectivity index (χ2n) is 5.12.